The van der Waals surface area contributed by atoms with Crippen molar-refractivity contribution in [3.05, 3.63) is 58.9 Å². The lowest BCUT2D eigenvalue weighted by Gasteiger charge is -2.10. The van der Waals surface area contributed by atoms with Crippen LogP contribution in [0.5, 0.6) is 11.5 Å². The van der Waals surface area contributed by atoms with Gasteiger partial charge in [-0.05, 0) is 61.9 Å². The Morgan fingerprint density at radius 1 is 1.17 bits per heavy atom. The van der Waals surface area contributed by atoms with Crippen molar-refractivity contribution in [1.82, 2.24) is 14.8 Å². The first kappa shape index (κ1) is 22.0. The number of carbonyl (C=O) groups excluding carboxylic acids is 1. The molecule has 3 aromatic rings. The third-order valence-corrected chi connectivity index (χ3v) is 5.70. The fraction of sp³-hybridized carbons (Fsp3) is 0.286. The van der Waals surface area contributed by atoms with Crippen molar-refractivity contribution in [3.8, 4) is 11.5 Å². The summed E-state index contributed by atoms with van der Waals surface area (Å²) in [4.78, 5) is 12.3. The Kier molecular flexibility index (Phi) is 7.59. The smallest absolute Gasteiger partial charge is 0.234 e. The van der Waals surface area contributed by atoms with Crippen LogP contribution in [0, 0.1) is 6.92 Å². The number of nitrogens with one attached hydrogen (secondary N) is 1. The van der Waals surface area contributed by atoms with Crippen molar-refractivity contribution < 1.29 is 14.3 Å². The maximum Gasteiger partial charge on any atom is 0.234 e. The van der Waals surface area contributed by atoms with Gasteiger partial charge < -0.3 is 19.4 Å². The normalized spacial score (nSPS) is 10.7. The van der Waals surface area contributed by atoms with E-state index in [0.717, 1.165) is 17.1 Å². The maximum absolute atomic E-state index is 12.3. The van der Waals surface area contributed by atoms with Gasteiger partial charge in [-0.15, -0.1) is 10.2 Å². The lowest BCUT2D eigenvalue weighted by atomic mass is 10.2. The van der Waals surface area contributed by atoms with Crippen LogP contribution in [0.25, 0.3) is 0 Å². The Morgan fingerprint density at radius 2 is 1.90 bits per heavy atom. The first-order valence-electron chi connectivity index (χ1n) is 9.38. The molecule has 0 spiro atoms. The van der Waals surface area contributed by atoms with E-state index in [1.165, 1.54) is 11.8 Å². The van der Waals surface area contributed by atoms with Crippen LogP contribution < -0.4 is 14.8 Å². The van der Waals surface area contributed by atoms with Crippen molar-refractivity contribution in [2.45, 2.75) is 32.2 Å². The zero-order valence-electron chi connectivity index (χ0n) is 17.0. The Bertz CT molecular complexity index is 1010. The summed E-state index contributed by atoms with van der Waals surface area (Å²) in [5.74, 6) is 2.26. The molecular formula is C21H23ClN4O3S. The molecule has 0 saturated heterocycles. The SMILES string of the molecule is CCn1c(COc2ccc(Cl)c(C)c2)nnc1SCC(=O)Nc1ccc(OC)cc1. The molecule has 7 nitrogen and oxygen atoms in total. The van der Waals surface area contributed by atoms with Crippen molar-refractivity contribution in [2.24, 2.45) is 0 Å². The highest BCUT2D eigenvalue weighted by atomic mass is 35.5. The lowest BCUT2D eigenvalue weighted by Crippen LogP contribution is -2.15. The standard InChI is InChI=1S/C21H23ClN4O3S/c1-4-26-19(12-29-17-9-10-18(22)14(2)11-17)24-25-21(26)30-13-20(27)23-15-5-7-16(28-3)8-6-15/h5-11H,4,12-13H2,1-3H3,(H,23,27). The average molecular weight is 447 g/mol. The first-order chi connectivity index (χ1) is 14.5. The third-order valence-electron chi connectivity index (χ3n) is 4.31. The molecule has 0 saturated carbocycles. The minimum Gasteiger partial charge on any atom is -0.497 e. The first-order valence-corrected chi connectivity index (χ1v) is 10.7. The summed E-state index contributed by atoms with van der Waals surface area (Å²) in [5.41, 5.74) is 1.66. The Morgan fingerprint density at radius 3 is 2.57 bits per heavy atom. The quantitative estimate of drug-likeness (QED) is 0.485. The van der Waals surface area contributed by atoms with Gasteiger partial charge in [0.1, 0.15) is 18.1 Å². The molecule has 158 valence electrons. The van der Waals surface area contributed by atoms with Gasteiger partial charge >= 0.3 is 0 Å². The van der Waals surface area contributed by atoms with Crippen LogP contribution in [-0.4, -0.2) is 33.5 Å². The van der Waals surface area contributed by atoms with Gasteiger partial charge in [0.2, 0.25) is 5.91 Å². The summed E-state index contributed by atoms with van der Waals surface area (Å²) in [6, 6.07) is 12.7. The molecule has 0 radical (unpaired) electrons. The number of nitrogens with zero attached hydrogens (tertiary/aromatic N) is 3. The maximum atomic E-state index is 12.3. The number of thioether (sulfide) groups is 1. The largest absolute Gasteiger partial charge is 0.497 e. The van der Waals surface area contributed by atoms with Crippen LogP contribution in [0.15, 0.2) is 47.6 Å². The number of methoxy groups -OCH3 is 1. The number of ether oxygens (including phenoxy) is 2. The van der Waals surface area contributed by atoms with Crippen molar-refractivity contribution in [2.75, 3.05) is 18.2 Å². The number of aromatic nitrogens is 3. The minimum absolute atomic E-state index is 0.120. The van der Waals surface area contributed by atoms with E-state index in [1.54, 1.807) is 37.4 Å². The number of aryl methyl sites for hydroxylation is 1. The average Bonchev–Trinajstić information content (AvgIpc) is 3.15. The fourth-order valence-electron chi connectivity index (χ4n) is 2.71. The van der Waals surface area contributed by atoms with Gasteiger partial charge in [-0.3, -0.25) is 4.79 Å². The minimum atomic E-state index is -0.120. The van der Waals surface area contributed by atoms with E-state index in [-0.39, 0.29) is 18.3 Å². The third kappa shape index (κ3) is 5.67. The Balaban J connectivity index is 1.56. The molecule has 0 aliphatic rings. The molecule has 1 aromatic heterocycles. The molecule has 0 aliphatic heterocycles. The molecule has 30 heavy (non-hydrogen) atoms. The van der Waals surface area contributed by atoms with Crippen LogP contribution in [0.4, 0.5) is 5.69 Å². The number of benzene rings is 2. The van der Waals surface area contributed by atoms with Crippen LogP contribution >= 0.6 is 23.4 Å². The highest BCUT2D eigenvalue weighted by Gasteiger charge is 2.14. The van der Waals surface area contributed by atoms with Gasteiger partial charge in [0.15, 0.2) is 11.0 Å². The second kappa shape index (κ2) is 10.4. The summed E-state index contributed by atoms with van der Waals surface area (Å²) in [7, 11) is 1.60. The number of hydrogen-bond donors (Lipinski definition) is 1. The van der Waals surface area contributed by atoms with E-state index >= 15 is 0 Å². The van der Waals surface area contributed by atoms with Gasteiger partial charge in [0, 0.05) is 17.3 Å². The van der Waals surface area contributed by atoms with Crippen molar-refractivity contribution in [1.29, 1.82) is 0 Å². The van der Waals surface area contributed by atoms with Crippen molar-refractivity contribution >= 4 is 35.0 Å². The molecule has 3 rings (SSSR count). The van der Waals surface area contributed by atoms with Gasteiger partial charge in [0.25, 0.3) is 0 Å². The zero-order chi connectivity index (χ0) is 21.5. The molecule has 0 aliphatic carbocycles. The Labute approximate surface area is 184 Å². The van der Waals surface area contributed by atoms with E-state index in [2.05, 4.69) is 15.5 Å². The number of amides is 1. The monoisotopic (exact) mass is 446 g/mol. The molecule has 0 fully saturated rings. The number of halogens is 1. The van der Waals surface area contributed by atoms with E-state index in [9.17, 15) is 4.79 Å². The molecule has 1 heterocycles. The molecule has 2 aromatic carbocycles. The van der Waals surface area contributed by atoms with Crippen molar-refractivity contribution in [3.63, 3.8) is 0 Å². The van der Waals surface area contributed by atoms with Gasteiger partial charge in [-0.25, -0.2) is 0 Å². The summed E-state index contributed by atoms with van der Waals surface area (Å²) in [5, 5.41) is 12.7. The predicted molar refractivity (Wildman–Crippen MR) is 119 cm³/mol. The number of rotatable bonds is 9. The van der Waals surface area contributed by atoms with Crippen LogP contribution in [0.2, 0.25) is 5.02 Å². The van der Waals surface area contributed by atoms with E-state index in [0.29, 0.717) is 28.2 Å². The van der Waals surface area contributed by atoms with Gasteiger partial charge in [-0.1, -0.05) is 23.4 Å². The highest BCUT2D eigenvalue weighted by Crippen LogP contribution is 2.23. The van der Waals surface area contributed by atoms with Crippen LogP contribution in [-0.2, 0) is 17.9 Å². The topological polar surface area (TPSA) is 78.3 Å². The molecule has 0 atom stereocenters. The summed E-state index contributed by atoms with van der Waals surface area (Å²) < 4.78 is 12.9. The predicted octanol–water partition coefficient (Wildman–Crippen LogP) is 4.58. The van der Waals surface area contributed by atoms with Gasteiger partial charge in [-0.2, -0.15) is 0 Å². The van der Waals surface area contributed by atoms with Crippen LogP contribution in [0.1, 0.15) is 18.3 Å². The number of anilines is 1. The molecule has 1 amide bonds. The number of hydrogen-bond acceptors (Lipinski definition) is 6. The highest BCUT2D eigenvalue weighted by molar-refractivity contribution is 7.99. The molecule has 0 bridgehead atoms. The second-order valence-electron chi connectivity index (χ2n) is 6.41. The Hall–Kier alpha value is -2.71. The number of carbonyl (C=O) groups is 1. The lowest BCUT2D eigenvalue weighted by molar-refractivity contribution is -0.113. The summed E-state index contributed by atoms with van der Waals surface area (Å²) in [6.07, 6.45) is 0. The molecule has 9 heteroatoms. The molecular weight excluding hydrogens is 424 g/mol. The van der Waals surface area contributed by atoms with Crippen LogP contribution in [0.3, 0.4) is 0 Å². The summed E-state index contributed by atoms with van der Waals surface area (Å²) >= 11 is 7.38. The zero-order valence-corrected chi connectivity index (χ0v) is 18.6. The fourth-order valence-corrected chi connectivity index (χ4v) is 3.65. The summed E-state index contributed by atoms with van der Waals surface area (Å²) in [6.45, 7) is 4.88. The second-order valence-corrected chi connectivity index (χ2v) is 7.76. The van der Waals surface area contributed by atoms with Gasteiger partial charge in [0.05, 0.1) is 12.9 Å². The van der Waals surface area contributed by atoms with E-state index < -0.39 is 0 Å². The van der Waals surface area contributed by atoms with E-state index in [1.807, 2.05) is 30.5 Å². The molecule has 0 unspecified atom stereocenters. The van der Waals surface area contributed by atoms with E-state index in [4.69, 9.17) is 21.1 Å². The molecule has 1 N–H and O–H groups in total.